The van der Waals surface area contributed by atoms with E-state index in [1.807, 2.05) is 30.0 Å². The molecule has 34 heavy (non-hydrogen) atoms. The number of aromatic nitrogens is 3. The molecule has 3 heterocycles. The summed E-state index contributed by atoms with van der Waals surface area (Å²) in [6.07, 6.45) is 3.75. The van der Waals surface area contributed by atoms with Gasteiger partial charge in [-0.1, -0.05) is 23.8 Å². The summed E-state index contributed by atoms with van der Waals surface area (Å²) in [6, 6.07) is 12.3. The Kier molecular flexibility index (Phi) is 6.27. The zero-order chi connectivity index (χ0) is 23.8. The van der Waals surface area contributed by atoms with Crippen LogP contribution in [0, 0.1) is 20.8 Å². The molecule has 0 saturated heterocycles. The lowest BCUT2D eigenvalue weighted by atomic mass is 10.2. The number of fused-ring (bicyclic) bond motifs is 1. The second kappa shape index (κ2) is 9.35. The molecular weight excluding hydrogens is 464 g/mol. The molecule has 4 aromatic rings. The van der Waals surface area contributed by atoms with Crippen molar-refractivity contribution in [2.24, 2.45) is 0 Å². The van der Waals surface area contributed by atoms with Crippen LogP contribution in [0.25, 0.3) is 10.2 Å². The molecule has 0 spiro atoms. The third-order valence-corrected chi connectivity index (χ3v) is 8.40. The lowest BCUT2D eigenvalue weighted by Crippen LogP contribution is -2.32. The van der Waals surface area contributed by atoms with Crippen molar-refractivity contribution in [3.63, 3.8) is 0 Å². The first-order chi connectivity index (χ1) is 16.4. The summed E-state index contributed by atoms with van der Waals surface area (Å²) >= 11 is 2.98. The van der Waals surface area contributed by atoms with Gasteiger partial charge in [-0.3, -0.25) is 14.6 Å². The van der Waals surface area contributed by atoms with E-state index in [9.17, 15) is 9.59 Å². The third-order valence-electron chi connectivity index (χ3n) is 6.06. The Hall–Kier alpha value is -2.97. The second-order valence-electron chi connectivity index (χ2n) is 8.79. The Labute approximate surface area is 206 Å². The summed E-state index contributed by atoms with van der Waals surface area (Å²) in [5, 5.41) is 0.516. The molecule has 1 saturated carbocycles. The van der Waals surface area contributed by atoms with Crippen LogP contribution in [0.5, 0.6) is 0 Å². The molecule has 0 aliphatic heterocycles. The third kappa shape index (κ3) is 4.65. The molecule has 1 N–H and O–H groups in total. The predicted octanol–water partition coefficient (Wildman–Crippen LogP) is 5.40. The minimum Gasteiger partial charge on any atom is -0.329 e. The number of nitrogens with one attached hydrogen (secondary N) is 1. The fourth-order valence-corrected chi connectivity index (χ4v) is 6.17. The maximum absolute atomic E-state index is 13.6. The van der Waals surface area contributed by atoms with E-state index in [1.165, 1.54) is 27.4 Å². The summed E-state index contributed by atoms with van der Waals surface area (Å²) in [6.45, 7) is 6.47. The van der Waals surface area contributed by atoms with E-state index in [1.54, 1.807) is 18.0 Å². The van der Waals surface area contributed by atoms with Gasteiger partial charge >= 0.3 is 0 Å². The van der Waals surface area contributed by atoms with Gasteiger partial charge in [0.25, 0.3) is 11.5 Å². The SMILES string of the molecule is Cc1ccc(C)c(SCc2nc3sc(C(=O)N(Cc4ccccn4)C4CC4)c(C)c3c(=O)[nH]2)c1. The lowest BCUT2D eigenvalue weighted by molar-refractivity contribution is 0.0732. The maximum atomic E-state index is 13.6. The fraction of sp³-hybridized carbons (Fsp3) is 0.308. The van der Waals surface area contributed by atoms with Crippen LogP contribution in [0.1, 0.15) is 50.7 Å². The van der Waals surface area contributed by atoms with E-state index < -0.39 is 0 Å². The summed E-state index contributed by atoms with van der Waals surface area (Å²) in [5.74, 6) is 1.14. The molecule has 1 aliphatic carbocycles. The molecule has 1 aliphatic rings. The molecule has 0 unspecified atom stereocenters. The smallest absolute Gasteiger partial charge is 0.264 e. The average Bonchev–Trinajstić information content (AvgIpc) is 3.61. The highest BCUT2D eigenvalue weighted by molar-refractivity contribution is 7.98. The Morgan fingerprint density at radius 1 is 1.21 bits per heavy atom. The van der Waals surface area contributed by atoms with Gasteiger partial charge in [0.2, 0.25) is 0 Å². The van der Waals surface area contributed by atoms with Crippen LogP contribution in [0.2, 0.25) is 0 Å². The Bertz CT molecular complexity index is 1420. The molecule has 1 amide bonds. The normalized spacial score (nSPS) is 13.4. The molecule has 6 nitrogen and oxygen atoms in total. The van der Waals surface area contributed by atoms with Crippen LogP contribution in [0.15, 0.2) is 52.3 Å². The highest BCUT2D eigenvalue weighted by Crippen LogP contribution is 2.34. The van der Waals surface area contributed by atoms with Crippen LogP contribution < -0.4 is 5.56 Å². The number of hydrogen-bond donors (Lipinski definition) is 1. The Balaban J connectivity index is 1.43. The van der Waals surface area contributed by atoms with Gasteiger partial charge in [0.1, 0.15) is 10.7 Å². The van der Waals surface area contributed by atoms with Gasteiger partial charge in [-0.05, 0) is 62.9 Å². The molecule has 1 aromatic carbocycles. The maximum Gasteiger partial charge on any atom is 0.264 e. The number of H-pyrrole nitrogens is 1. The second-order valence-corrected chi connectivity index (χ2v) is 10.8. The van der Waals surface area contributed by atoms with Crippen LogP contribution in [0.3, 0.4) is 0 Å². The summed E-state index contributed by atoms with van der Waals surface area (Å²) in [5.41, 5.74) is 3.79. The van der Waals surface area contributed by atoms with Crippen molar-refractivity contribution in [3.8, 4) is 0 Å². The van der Waals surface area contributed by atoms with Crippen molar-refractivity contribution in [3.05, 3.63) is 86.0 Å². The van der Waals surface area contributed by atoms with E-state index >= 15 is 0 Å². The molecule has 1 fully saturated rings. The first kappa shape index (κ1) is 22.8. The minimum absolute atomic E-state index is 0.0423. The van der Waals surface area contributed by atoms with E-state index in [4.69, 9.17) is 4.98 Å². The van der Waals surface area contributed by atoms with Crippen molar-refractivity contribution in [1.29, 1.82) is 0 Å². The quantitative estimate of drug-likeness (QED) is 0.351. The lowest BCUT2D eigenvalue weighted by Gasteiger charge is -2.21. The van der Waals surface area contributed by atoms with Crippen LogP contribution >= 0.6 is 23.1 Å². The number of nitrogens with zero attached hydrogens (tertiary/aromatic N) is 3. The first-order valence-corrected chi connectivity index (χ1v) is 13.1. The minimum atomic E-state index is -0.183. The molecule has 0 bridgehead atoms. The Morgan fingerprint density at radius 2 is 2.03 bits per heavy atom. The molecular formula is C26H26N4O2S2. The van der Waals surface area contributed by atoms with Crippen molar-refractivity contribution in [2.45, 2.75) is 56.8 Å². The number of aryl methyl sites for hydroxylation is 3. The monoisotopic (exact) mass is 490 g/mol. The number of rotatable bonds is 7. The molecule has 8 heteroatoms. The van der Waals surface area contributed by atoms with E-state index in [0.717, 1.165) is 18.5 Å². The standard InChI is InChI=1S/C26H26N4O2S2/c1-15-7-8-16(2)20(12-15)33-14-21-28-24(31)22-17(3)23(34-25(22)29-21)26(32)30(19-9-10-19)13-18-6-4-5-11-27-18/h4-8,11-12,19H,9-10,13-14H2,1-3H3,(H,28,29,31). The highest BCUT2D eigenvalue weighted by Gasteiger charge is 2.35. The largest absolute Gasteiger partial charge is 0.329 e. The van der Waals surface area contributed by atoms with Crippen LogP contribution in [-0.2, 0) is 12.3 Å². The van der Waals surface area contributed by atoms with Gasteiger partial charge in [-0.25, -0.2) is 4.98 Å². The number of aromatic amines is 1. The summed E-state index contributed by atoms with van der Waals surface area (Å²) in [7, 11) is 0. The van der Waals surface area contributed by atoms with Gasteiger partial charge < -0.3 is 9.88 Å². The van der Waals surface area contributed by atoms with Gasteiger partial charge in [0.15, 0.2) is 0 Å². The van der Waals surface area contributed by atoms with Crippen LogP contribution in [-0.4, -0.2) is 31.8 Å². The van der Waals surface area contributed by atoms with Crippen molar-refractivity contribution < 1.29 is 4.79 Å². The Morgan fingerprint density at radius 3 is 2.76 bits per heavy atom. The van der Waals surface area contributed by atoms with Gasteiger partial charge in [-0.2, -0.15) is 0 Å². The predicted molar refractivity (Wildman–Crippen MR) is 138 cm³/mol. The molecule has 0 radical (unpaired) electrons. The number of benzene rings is 1. The average molecular weight is 491 g/mol. The zero-order valence-electron chi connectivity index (χ0n) is 19.4. The van der Waals surface area contributed by atoms with Crippen LogP contribution in [0.4, 0.5) is 0 Å². The van der Waals surface area contributed by atoms with Crippen molar-refractivity contribution in [1.82, 2.24) is 19.9 Å². The topological polar surface area (TPSA) is 79.0 Å². The number of pyridine rings is 1. The highest BCUT2D eigenvalue weighted by atomic mass is 32.2. The first-order valence-electron chi connectivity index (χ1n) is 11.3. The number of hydrogen-bond acceptors (Lipinski definition) is 6. The van der Waals surface area contributed by atoms with Gasteiger partial charge in [-0.15, -0.1) is 23.1 Å². The van der Waals surface area contributed by atoms with Gasteiger partial charge in [0, 0.05) is 17.1 Å². The molecule has 174 valence electrons. The summed E-state index contributed by atoms with van der Waals surface area (Å²) in [4.78, 5) is 42.9. The molecule has 0 atom stereocenters. The summed E-state index contributed by atoms with van der Waals surface area (Å²) < 4.78 is 0. The number of carbonyl (C=O) groups is 1. The van der Waals surface area contributed by atoms with E-state index in [0.29, 0.717) is 38.8 Å². The van der Waals surface area contributed by atoms with E-state index in [-0.39, 0.29) is 17.5 Å². The van der Waals surface area contributed by atoms with E-state index in [2.05, 4.69) is 42.0 Å². The number of carbonyl (C=O) groups excluding carboxylic acids is 1. The van der Waals surface area contributed by atoms with Gasteiger partial charge in [0.05, 0.1) is 28.3 Å². The number of thiophene rings is 1. The molecule has 5 rings (SSSR count). The number of thioether (sulfide) groups is 1. The zero-order valence-corrected chi connectivity index (χ0v) is 21.1. The van der Waals surface area contributed by atoms with Crippen molar-refractivity contribution in [2.75, 3.05) is 0 Å². The van der Waals surface area contributed by atoms with Crippen molar-refractivity contribution >= 4 is 39.2 Å². The number of amides is 1. The molecule has 3 aromatic heterocycles. The fourth-order valence-electron chi connectivity index (χ4n) is 4.02.